The zero-order valence-corrected chi connectivity index (χ0v) is 50.6. The van der Waals surface area contributed by atoms with Crippen LogP contribution in [0.3, 0.4) is 0 Å². The van der Waals surface area contributed by atoms with Crippen LogP contribution in [0.15, 0.2) is 36.5 Å². The third-order valence-electron chi connectivity index (χ3n) is 15.1. The number of unbranched alkanes of at least 4 members (excludes halogenated alkanes) is 45. The lowest BCUT2D eigenvalue weighted by Gasteiger charge is -2.18. The molecular formula is C69H128O6. The topological polar surface area (TPSA) is 78.9 Å². The first-order chi connectivity index (χ1) is 37.0. The molecule has 0 aliphatic carbocycles. The Bertz CT molecular complexity index is 1250. The Morgan fingerprint density at radius 1 is 0.267 bits per heavy atom. The van der Waals surface area contributed by atoms with Crippen LogP contribution in [0.4, 0.5) is 0 Å². The quantitative estimate of drug-likeness (QED) is 0.0261. The summed E-state index contributed by atoms with van der Waals surface area (Å²) in [6.45, 7) is 6.63. The van der Waals surface area contributed by atoms with Crippen LogP contribution in [-0.4, -0.2) is 37.2 Å². The molecule has 6 nitrogen and oxygen atoms in total. The van der Waals surface area contributed by atoms with E-state index in [9.17, 15) is 14.4 Å². The number of esters is 3. The molecule has 0 aliphatic rings. The number of rotatable bonds is 62. The maximum absolute atomic E-state index is 12.9. The van der Waals surface area contributed by atoms with E-state index in [1.165, 1.54) is 238 Å². The van der Waals surface area contributed by atoms with Crippen molar-refractivity contribution in [3.05, 3.63) is 36.5 Å². The fourth-order valence-corrected chi connectivity index (χ4v) is 10.1. The molecule has 0 saturated carbocycles. The molecule has 1 atom stereocenters. The molecule has 440 valence electrons. The summed E-state index contributed by atoms with van der Waals surface area (Å²) < 4.78 is 16.9. The van der Waals surface area contributed by atoms with Crippen molar-refractivity contribution >= 4 is 17.9 Å². The van der Waals surface area contributed by atoms with Crippen molar-refractivity contribution in [2.75, 3.05) is 13.2 Å². The van der Waals surface area contributed by atoms with E-state index in [0.29, 0.717) is 19.3 Å². The fourth-order valence-electron chi connectivity index (χ4n) is 10.1. The van der Waals surface area contributed by atoms with Crippen LogP contribution in [0.5, 0.6) is 0 Å². The Morgan fingerprint density at radius 3 is 0.773 bits per heavy atom. The summed E-state index contributed by atoms with van der Waals surface area (Å²) in [5, 5.41) is 0. The lowest BCUT2D eigenvalue weighted by atomic mass is 10.0. The van der Waals surface area contributed by atoms with Crippen LogP contribution in [0.1, 0.15) is 367 Å². The molecule has 0 aliphatic heterocycles. The SMILES string of the molecule is CCCCC/C=C\C/C=C\CCCCCCCC(=O)OC(COC(=O)CCCCCCC/C=C\CCCCC)COC(=O)CCCCCCCCCCCCCCCCCCCCCCCCCCCCCCCC. The Kier molecular flexibility index (Phi) is 62.1. The van der Waals surface area contributed by atoms with Gasteiger partial charge in [-0.3, -0.25) is 14.4 Å². The lowest BCUT2D eigenvalue weighted by molar-refractivity contribution is -0.167. The maximum Gasteiger partial charge on any atom is 0.306 e. The molecule has 0 saturated heterocycles. The molecule has 0 aromatic heterocycles. The van der Waals surface area contributed by atoms with Crippen LogP contribution >= 0.6 is 0 Å². The van der Waals surface area contributed by atoms with Crippen molar-refractivity contribution in [2.24, 2.45) is 0 Å². The van der Waals surface area contributed by atoms with Crippen molar-refractivity contribution in [1.82, 2.24) is 0 Å². The predicted octanol–water partition coefficient (Wildman–Crippen LogP) is 22.8. The Hall–Kier alpha value is -2.37. The van der Waals surface area contributed by atoms with Gasteiger partial charge >= 0.3 is 17.9 Å². The Balaban J connectivity index is 4.11. The van der Waals surface area contributed by atoms with Gasteiger partial charge in [0, 0.05) is 19.3 Å². The van der Waals surface area contributed by atoms with E-state index >= 15 is 0 Å². The number of allylic oxidation sites excluding steroid dienone is 6. The second kappa shape index (κ2) is 64.2. The van der Waals surface area contributed by atoms with Crippen LogP contribution in [0, 0.1) is 0 Å². The molecule has 0 radical (unpaired) electrons. The van der Waals surface area contributed by atoms with Gasteiger partial charge in [-0.05, 0) is 77.0 Å². The number of hydrogen-bond acceptors (Lipinski definition) is 6. The smallest absolute Gasteiger partial charge is 0.306 e. The molecule has 0 bridgehead atoms. The molecule has 0 rings (SSSR count). The third kappa shape index (κ3) is 62.4. The van der Waals surface area contributed by atoms with E-state index in [-0.39, 0.29) is 31.1 Å². The van der Waals surface area contributed by atoms with E-state index < -0.39 is 6.10 Å². The Morgan fingerprint density at radius 2 is 0.480 bits per heavy atom. The standard InChI is InChI=1S/C69H128O6/c1-4-7-10-13-16-19-22-25-27-28-29-30-31-32-33-34-35-36-37-38-39-40-41-43-44-47-50-53-56-59-62-68(71)74-65-66(64-73-67(70)61-58-55-52-49-46-24-21-18-15-12-9-6-3)75-69(72)63-60-57-54-51-48-45-42-26-23-20-17-14-11-8-5-2/h17-18,20-21,26,42,66H,4-16,19,22-25,27-41,43-65H2,1-3H3/b20-17-,21-18-,42-26-. The zero-order chi connectivity index (χ0) is 54.3. The van der Waals surface area contributed by atoms with Gasteiger partial charge in [0.15, 0.2) is 6.10 Å². The summed E-state index contributed by atoms with van der Waals surface area (Å²) in [5.74, 6) is -0.879. The minimum Gasteiger partial charge on any atom is -0.462 e. The van der Waals surface area contributed by atoms with Crippen LogP contribution in [0.2, 0.25) is 0 Å². The predicted molar refractivity (Wildman–Crippen MR) is 326 cm³/mol. The second-order valence-electron chi connectivity index (χ2n) is 22.7. The van der Waals surface area contributed by atoms with E-state index in [0.717, 1.165) is 89.9 Å². The average molecular weight is 1050 g/mol. The summed E-state index contributed by atoms with van der Waals surface area (Å²) in [5.41, 5.74) is 0. The average Bonchev–Trinajstić information content (AvgIpc) is 3.41. The van der Waals surface area contributed by atoms with Gasteiger partial charge in [0.25, 0.3) is 0 Å². The fraction of sp³-hybridized carbons (Fsp3) is 0.870. The van der Waals surface area contributed by atoms with E-state index in [4.69, 9.17) is 14.2 Å². The summed E-state index contributed by atoms with van der Waals surface area (Å²) in [6, 6.07) is 0. The molecule has 6 heteroatoms. The van der Waals surface area contributed by atoms with Gasteiger partial charge < -0.3 is 14.2 Å². The minimum atomic E-state index is -0.781. The Labute approximate surface area is 467 Å². The molecule has 0 amide bonds. The monoisotopic (exact) mass is 1050 g/mol. The van der Waals surface area contributed by atoms with Crippen LogP contribution in [-0.2, 0) is 28.6 Å². The van der Waals surface area contributed by atoms with Crippen molar-refractivity contribution < 1.29 is 28.6 Å². The molecule has 75 heavy (non-hydrogen) atoms. The van der Waals surface area contributed by atoms with Crippen molar-refractivity contribution in [3.63, 3.8) is 0 Å². The van der Waals surface area contributed by atoms with Crippen molar-refractivity contribution in [3.8, 4) is 0 Å². The first-order valence-corrected chi connectivity index (χ1v) is 33.5. The van der Waals surface area contributed by atoms with Gasteiger partial charge in [-0.2, -0.15) is 0 Å². The van der Waals surface area contributed by atoms with E-state index in [1.807, 2.05) is 0 Å². The van der Waals surface area contributed by atoms with Gasteiger partial charge in [-0.1, -0.05) is 308 Å². The van der Waals surface area contributed by atoms with Crippen LogP contribution < -0.4 is 0 Å². The van der Waals surface area contributed by atoms with Crippen molar-refractivity contribution in [1.29, 1.82) is 0 Å². The number of ether oxygens (including phenoxy) is 3. The highest BCUT2D eigenvalue weighted by molar-refractivity contribution is 5.71. The van der Waals surface area contributed by atoms with Gasteiger partial charge in [-0.25, -0.2) is 0 Å². The highest BCUT2D eigenvalue weighted by atomic mass is 16.6. The minimum absolute atomic E-state index is 0.0767. The normalized spacial score (nSPS) is 12.2. The molecular weight excluding hydrogens is 925 g/mol. The second-order valence-corrected chi connectivity index (χ2v) is 22.7. The summed E-state index contributed by atoms with van der Waals surface area (Å²) >= 11 is 0. The molecule has 0 aromatic carbocycles. The van der Waals surface area contributed by atoms with E-state index in [2.05, 4.69) is 57.2 Å². The van der Waals surface area contributed by atoms with Gasteiger partial charge in [-0.15, -0.1) is 0 Å². The highest BCUT2D eigenvalue weighted by Gasteiger charge is 2.19. The summed E-state index contributed by atoms with van der Waals surface area (Å²) in [4.78, 5) is 38.2. The first-order valence-electron chi connectivity index (χ1n) is 33.5. The largest absolute Gasteiger partial charge is 0.462 e. The lowest BCUT2D eigenvalue weighted by Crippen LogP contribution is -2.30. The number of hydrogen-bond donors (Lipinski definition) is 0. The van der Waals surface area contributed by atoms with Gasteiger partial charge in [0.1, 0.15) is 13.2 Å². The molecule has 1 unspecified atom stereocenters. The van der Waals surface area contributed by atoms with Crippen LogP contribution in [0.25, 0.3) is 0 Å². The molecule has 0 N–H and O–H groups in total. The van der Waals surface area contributed by atoms with Crippen molar-refractivity contribution in [2.45, 2.75) is 374 Å². The van der Waals surface area contributed by atoms with Gasteiger partial charge in [0.2, 0.25) is 0 Å². The molecule has 0 spiro atoms. The molecule has 0 aromatic rings. The van der Waals surface area contributed by atoms with Gasteiger partial charge in [0.05, 0.1) is 0 Å². The zero-order valence-electron chi connectivity index (χ0n) is 50.6. The molecule has 0 heterocycles. The number of carbonyl (C=O) groups is 3. The highest BCUT2D eigenvalue weighted by Crippen LogP contribution is 2.18. The maximum atomic E-state index is 12.9. The third-order valence-corrected chi connectivity index (χ3v) is 15.1. The summed E-state index contributed by atoms with van der Waals surface area (Å²) in [6.07, 6.45) is 79.0. The molecule has 0 fully saturated rings. The number of carbonyl (C=O) groups excluding carboxylic acids is 3. The summed E-state index contributed by atoms with van der Waals surface area (Å²) in [7, 11) is 0. The first kappa shape index (κ1) is 72.6. The van der Waals surface area contributed by atoms with E-state index in [1.54, 1.807) is 0 Å².